The van der Waals surface area contributed by atoms with Gasteiger partial charge in [0.05, 0.1) is 0 Å². The van der Waals surface area contributed by atoms with Crippen molar-refractivity contribution in [2.24, 2.45) is 0 Å². The number of hydrogen-bond acceptors (Lipinski definition) is 2. The topological polar surface area (TPSA) is 40.5 Å². The van der Waals surface area contributed by atoms with Crippen LogP contribution in [0, 0.1) is 6.92 Å². The van der Waals surface area contributed by atoms with Crippen molar-refractivity contribution >= 4 is 0 Å². The SMILES string of the molecule is Cc1c(O)cc(C(C)C)cc1O. The Morgan fingerprint density at radius 1 is 1.08 bits per heavy atom. The summed E-state index contributed by atoms with van der Waals surface area (Å²) in [6.07, 6.45) is 0. The summed E-state index contributed by atoms with van der Waals surface area (Å²) >= 11 is 0. The molecule has 0 fully saturated rings. The molecule has 0 saturated heterocycles. The normalized spacial score (nSPS) is 10.7. The van der Waals surface area contributed by atoms with E-state index in [1.54, 1.807) is 19.1 Å². The molecule has 1 aromatic carbocycles. The van der Waals surface area contributed by atoms with Crippen LogP contribution in [0.2, 0.25) is 0 Å². The molecule has 1 aromatic rings. The van der Waals surface area contributed by atoms with Gasteiger partial charge in [-0.25, -0.2) is 0 Å². The molecule has 1 rings (SSSR count). The third-order valence-electron chi connectivity index (χ3n) is 2.04. The predicted molar refractivity (Wildman–Crippen MR) is 48.6 cm³/mol. The first-order chi connectivity index (χ1) is 5.52. The first-order valence-corrected chi connectivity index (χ1v) is 4.05. The fraction of sp³-hybridized carbons (Fsp3) is 0.400. The quantitative estimate of drug-likeness (QED) is 0.673. The summed E-state index contributed by atoms with van der Waals surface area (Å²) in [5, 5.41) is 18.7. The molecule has 0 bridgehead atoms. The van der Waals surface area contributed by atoms with E-state index >= 15 is 0 Å². The second-order valence-electron chi connectivity index (χ2n) is 3.34. The average Bonchev–Trinajstić information content (AvgIpc) is 1.99. The minimum Gasteiger partial charge on any atom is -0.508 e. The van der Waals surface area contributed by atoms with Gasteiger partial charge in [0.15, 0.2) is 0 Å². The van der Waals surface area contributed by atoms with Crippen LogP contribution in [-0.4, -0.2) is 10.2 Å². The fourth-order valence-electron chi connectivity index (χ4n) is 1.04. The zero-order chi connectivity index (χ0) is 9.30. The Morgan fingerprint density at radius 2 is 1.50 bits per heavy atom. The largest absolute Gasteiger partial charge is 0.508 e. The van der Waals surface area contributed by atoms with E-state index in [1.807, 2.05) is 13.8 Å². The highest BCUT2D eigenvalue weighted by molar-refractivity contribution is 5.46. The van der Waals surface area contributed by atoms with Gasteiger partial charge in [-0.2, -0.15) is 0 Å². The zero-order valence-electron chi connectivity index (χ0n) is 7.63. The van der Waals surface area contributed by atoms with Crippen LogP contribution in [0.25, 0.3) is 0 Å². The second kappa shape index (κ2) is 3.05. The summed E-state index contributed by atoms with van der Waals surface area (Å²) in [5.41, 5.74) is 1.50. The maximum atomic E-state index is 9.37. The molecule has 0 aromatic heterocycles. The number of phenols is 2. The fourth-order valence-corrected chi connectivity index (χ4v) is 1.04. The van der Waals surface area contributed by atoms with Gasteiger partial charge in [-0.15, -0.1) is 0 Å². The second-order valence-corrected chi connectivity index (χ2v) is 3.34. The Bertz CT molecular complexity index is 267. The Kier molecular flexibility index (Phi) is 2.27. The van der Waals surface area contributed by atoms with Crippen LogP contribution in [-0.2, 0) is 0 Å². The summed E-state index contributed by atoms with van der Waals surface area (Å²) in [6, 6.07) is 3.39. The van der Waals surface area contributed by atoms with E-state index in [1.165, 1.54) is 0 Å². The highest BCUT2D eigenvalue weighted by Crippen LogP contribution is 2.30. The van der Waals surface area contributed by atoms with Crippen molar-refractivity contribution in [2.45, 2.75) is 26.7 Å². The molecule has 0 aliphatic heterocycles. The van der Waals surface area contributed by atoms with Gasteiger partial charge in [0, 0.05) is 5.56 Å². The van der Waals surface area contributed by atoms with Crippen molar-refractivity contribution in [1.82, 2.24) is 0 Å². The number of rotatable bonds is 1. The van der Waals surface area contributed by atoms with Crippen LogP contribution in [0.1, 0.15) is 30.9 Å². The molecular formula is C10H14O2. The molecule has 2 N–H and O–H groups in total. The van der Waals surface area contributed by atoms with Gasteiger partial charge < -0.3 is 10.2 Å². The lowest BCUT2D eigenvalue weighted by Gasteiger charge is -2.08. The number of benzene rings is 1. The van der Waals surface area contributed by atoms with Crippen molar-refractivity contribution in [3.8, 4) is 11.5 Å². The molecule has 0 atom stereocenters. The van der Waals surface area contributed by atoms with E-state index < -0.39 is 0 Å². The summed E-state index contributed by atoms with van der Waals surface area (Å²) in [4.78, 5) is 0. The third kappa shape index (κ3) is 1.52. The molecule has 0 amide bonds. The maximum absolute atomic E-state index is 9.37. The van der Waals surface area contributed by atoms with Crippen LogP contribution in [0.4, 0.5) is 0 Å². The van der Waals surface area contributed by atoms with Crippen LogP contribution >= 0.6 is 0 Å². The Labute approximate surface area is 72.5 Å². The van der Waals surface area contributed by atoms with Crippen molar-refractivity contribution in [1.29, 1.82) is 0 Å². The summed E-state index contributed by atoms with van der Waals surface area (Å²) in [5.74, 6) is 0.653. The number of aromatic hydroxyl groups is 2. The molecule has 0 heterocycles. The Hall–Kier alpha value is -1.18. The lowest BCUT2D eigenvalue weighted by atomic mass is 10.0. The van der Waals surface area contributed by atoms with Crippen molar-refractivity contribution in [3.63, 3.8) is 0 Å². The standard InChI is InChI=1S/C10H14O2/c1-6(2)8-4-9(11)7(3)10(12)5-8/h4-6,11-12H,1-3H3. The lowest BCUT2D eigenvalue weighted by Crippen LogP contribution is -1.88. The molecule has 0 radical (unpaired) electrons. The maximum Gasteiger partial charge on any atom is 0.122 e. The van der Waals surface area contributed by atoms with E-state index in [0.29, 0.717) is 11.5 Å². The minimum absolute atomic E-state index is 0.165. The van der Waals surface area contributed by atoms with Crippen LogP contribution in [0.5, 0.6) is 11.5 Å². The summed E-state index contributed by atoms with van der Waals surface area (Å²) < 4.78 is 0. The third-order valence-corrected chi connectivity index (χ3v) is 2.04. The summed E-state index contributed by atoms with van der Waals surface area (Å²) in [6.45, 7) is 5.72. The van der Waals surface area contributed by atoms with Crippen LogP contribution in [0.15, 0.2) is 12.1 Å². The van der Waals surface area contributed by atoms with Crippen molar-refractivity contribution in [3.05, 3.63) is 23.3 Å². The molecular weight excluding hydrogens is 152 g/mol. The summed E-state index contributed by atoms with van der Waals surface area (Å²) in [7, 11) is 0. The smallest absolute Gasteiger partial charge is 0.122 e. The first-order valence-electron chi connectivity index (χ1n) is 4.05. The van der Waals surface area contributed by atoms with E-state index in [4.69, 9.17) is 0 Å². The molecule has 2 heteroatoms. The number of phenolic OH excluding ortho intramolecular Hbond substituents is 2. The molecule has 2 nitrogen and oxygen atoms in total. The molecule has 0 spiro atoms. The van der Waals surface area contributed by atoms with Crippen LogP contribution < -0.4 is 0 Å². The Morgan fingerprint density at radius 3 is 1.83 bits per heavy atom. The van der Waals surface area contributed by atoms with Crippen LogP contribution in [0.3, 0.4) is 0 Å². The van der Waals surface area contributed by atoms with E-state index in [0.717, 1.165) is 5.56 Å². The van der Waals surface area contributed by atoms with E-state index in [-0.39, 0.29) is 11.5 Å². The molecule has 12 heavy (non-hydrogen) atoms. The van der Waals surface area contributed by atoms with Crippen molar-refractivity contribution < 1.29 is 10.2 Å². The van der Waals surface area contributed by atoms with Crippen molar-refractivity contribution in [2.75, 3.05) is 0 Å². The predicted octanol–water partition coefficient (Wildman–Crippen LogP) is 2.53. The highest BCUT2D eigenvalue weighted by Gasteiger charge is 2.06. The van der Waals surface area contributed by atoms with E-state index in [2.05, 4.69) is 0 Å². The molecule has 66 valence electrons. The first kappa shape index (κ1) is 8.91. The molecule has 0 unspecified atom stereocenters. The van der Waals surface area contributed by atoms with Gasteiger partial charge in [0.1, 0.15) is 11.5 Å². The monoisotopic (exact) mass is 166 g/mol. The number of hydrogen-bond donors (Lipinski definition) is 2. The highest BCUT2D eigenvalue weighted by atomic mass is 16.3. The minimum atomic E-state index is 0.165. The molecule has 0 aliphatic rings. The zero-order valence-corrected chi connectivity index (χ0v) is 7.63. The average molecular weight is 166 g/mol. The Balaban J connectivity index is 3.21. The van der Waals surface area contributed by atoms with Gasteiger partial charge >= 0.3 is 0 Å². The van der Waals surface area contributed by atoms with Gasteiger partial charge in [-0.1, -0.05) is 13.8 Å². The molecule has 0 saturated carbocycles. The molecule has 0 aliphatic carbocycles. The lowest BCUT2D eigenvalue weighted by molar-refractivity contribution is 0.441. The van der Waals surface area contributed by atoms with Gasteiger partial charge in [0.2, 0.25) is 0 Å². The van der Waals surface area contributed by atoms with Gasteiger partial charge in [0.25, 0.3) is 0 Å². The van der Waals surface area contributed by atoms with Gasteiger partial charge in [-0.3, -0.25) is 0 Å². The van der Waals surface area contributed by atoms with Gasteiger partial charge in [-0.05, 0) is 30.5 Å². The van der Waals surface area contributed by atoms with E-state index in [9.17, 15) is 10.2 Å².